The number of carbonyl (C=O) groups is 2. The highest BCUT2D eigenvalue weighted by Crippen LogP contribution is 2.12. The van der Waals surface area contributed by atoms with E-state index in [1.54, 1.807) is 6.07 Å². The summed E-state index contributed by atoms with van der Waals surface area (Å²) in [7, 11) is 0. The van der Waals surface area contributed by atoms with E-state index in [9.17, 15) is 23.5 Å². The molecule has 2 rings (SSSR count). The van der Waals surface area contributed by atoms with Crippen LogP contribution in [0, 0.1) is 11.6 Å². The van der Waals surface area contributed by atoms with Crippen molar-refractivity contribution in [2.24, 2.45) is 0 Å². The molecule has 0 spiro atoms. The molecule has 0 fully saturated rings. The Morgan fingerprint density at radius 1 is 0.960 bits per heavy atom. The Kier molecular flexibility index (Phi) is 6.59. The second-order valence-electron chi connectivity index (χ2n) is 5.45. The Hall–Kier alpha value is -2.80. The first-order chi connectivity index (χ1) is 11.9. The van der Waals surface area contributed by atoms with Crippen LogP contribution in [-0.2, 0) is 16.0 Å². The maximum atomic E-state index is 13.0. The van der Waals surface area contributed by atoms with Gasteiger partial charge in [-0.2, -0.15) is 0 Å². The van der Waals surface area contributed by atoms with Gasteiger partial charge in [-0.1, -0.05) is 24.3 Å². The molecular formula is C18H18F2N2O3. The lowest BCUT2D eigenvalue weighted by atomic mass is 10.1. The molecule has 3 N–H and O–H groups in total. The molecule has 0 saturated carbocycles. The van der Waals surface area contributed by atoms with Crippen molar-refractivity contribution in [1.82, 2.24) is 10.6 Å². The first-order valence-corrected chi connectivity index (χ1v) is 7.65. The van der Waals surface area contributed by atoms with Crippen LogP contribution in [0.4, 0.5) is 8.78 Å². The van der Waals surface area contributed by atoms with E-state index in [1.165, 1.54) is 42.5 Å². The summed E-state index contributed by atoms with van der Waals surface area (Å²) in [6, 6.07) is 10.9. The molecule has 2 aromatic rings. The van der Waals surface area contributed by atoms with Crippen LogP contribution in [0.5, 0.6) is 0 Å². The first-order valence-electron chi connectivity index (χ1n) is 7.65. The second-order valence-corrected chi connectivity index (χ2v) is 5.45. The minimum Gasteiger partial charge on any atom is -0.387 e. The van der Waals surface area contributed by atoms with E-state index in [-0.39, 0.29) is 19.5 Å². The summed E-state index contributed by atoms with van der Waals surface area (Å²) >= 11 is 0. The summed E-state index contributed by atoms with van der Waals surface area (Å²) in [6.07, 6.45) is -1.02. The summed E-state index contributed by atoms with van der Waals surface area (Å²) in [5.41, 5.74) is 0.974. The van der Waals surface area contributed by atoms with Crippen molar-refractivity contribution < 1.29 is 23.5 Å². The van der Waals surface area contributed by atoms with Crippen LogP contribution in [0.1, 0.15) is 17.2 Å². The van der Waals surface area contributed by atoms with Crippen LogP contribution in [0.3, 0.4) is 0 Å². The zero-order valence-corrected chi connectivity index (χ0v) is 13.3. The number of aliphatic hydroxyl groups excluding tert-OH is 1. The number of halogens is 2. The SMILES string of the molecule is O=C(CNC(=O)Cc1cccc(F)c1)NCC(O)c1ccc(F)cc1. The predicted molar refractivity (Wildman–Crippen MR) is 87.5 cm³/mol. The molecule has 0 bridgehead atoms. The van der Waals surface area contributed by atoms with Crippen LogP contribution in [0.15, 0.2) is 48.5 Å². The van der Waals surface area contributed by atoms with Crippen molar-refractivity contribution in [2.45, 2.75) is 12.5 Å². The molecule has 0 aromatic heterocycles. The number of amides is 2. The quantitative estimate of drug-likeness (QED) is 0.709. The fourth-order valence-electron chi connectivity index (χ4n) is 2.15. The molecule has 7 heteroatoms. The van der Waals surface area contributed by atoms with Gasteiger partial charge in [0.25, 0.3) is 0 Å². The molecule has 2 aromatic carbocycles. The predicted octanol–water partition coefficient (Wildman–Crippen LogP) is 1.47. The van der Waals surface area contributed by atoms with Gasteiger partial charge in [0.2, 0.25) is 11.8 Å². The standard InChI is InChI=1S/C18H18F2N2O3/c19-14-6-4-13(5-7-14)16(23)10-21-18(25)11-22-17(24)9-12-2-1-3-15(20)8-12/h1-8,16,23H,9-11H2,(H,21,25)(H,22,24). The van der Waals surface area contributed by atoms with E-state index < -0.39 is 29.6 Å². The maximum Gasteiger partial charge on any atom is 0.239 e. The molecule has 0 heterocycles. The third kappa shape index (κ3) is 6.31. The minimum absolute atomic E-state index is 0.0384. The number of rotatable bonds is 7. The highest BCUT2D eigenvalue weighted by atomic mass is 19.1. The van der Waals surface area contributed by atoms with Gasteiger partial charge in [0.1, 0.15) is 11.6 Å². The summed E-state index contributed by atoms with van der Waals surface area (Å²) in [6.45, 7) is -0.325. The van der Waals surface area contributed by atoms with Crippen molar-refractivity contribution in [1.29, 1.82) is 0 Å². The number of benzene rings is 2. The molecule has 1 atom stereocenters. The number of carbonyl (C=O) groups excluding carboxylic acids is 2. The Balaban J connectivity index is 1.71. The monoisotopic (exact) mass is 348 g/mol. The smallest absolute Gasteiger partial charge is 0.239 e. The van der Waals surface area contributed by atoms with Crippen molar-refractivity contribution >= 4 is 11.8 Å². The lowest BCUT2D eigenvalue weighted by Crippen LogP contribution is -2.39. The van der Waals surface area contributed by atoms with Gasteiger partial charge in [0.15, 0.2) is 0 Å². The Morgan fingerprint density at radius 3 is 2.36 bits per heavy atom. The molecule has 0 aliphatic rings. The Morgan fingerprint density at radius 2 is 1.68 bits per heavy atom. The highest BCUT2D eigenvalue weighted by Gasteiger charge is 2.11. The van der Waals surface area contributed by atoms with E-state index in [0.717, 1.165) is 0 Å². The molecule has 25 heavy (non-hydrogen) atoms. The normalized spacial score (nSPS) is 11.6. The van der Waals surface area contributed by atoms with E-state index in [2.05, 4.69) is 10.6 Å². The molecule has 132 valence electrons. The summed E-state index contributed by atoms with van der Waals surface area (Å²) in [5, 5.41) is 14.8. The summed E-state index contributed by atoms with van der Waals surface area (Å²) in [5.74, 6) is -1.74. The summed E-state index contributed by atoms with van der Waals surface area (Å²) < 4.78 is 25.8. The van der Waals surface area contributed by atoms with Crippen molar-refractivity contribution in [3.05, 3.63) is 71.3 Å². The van der Waals surface area contributed by atoms with Crippen LogP contribution < -0.4 is 10.6 Å². The largest absolute Gasteiger partial charge is 0.387 e. The maximum absolute atomic E-state index is 13.0. The van der Waals surface area contributed by atoms with E-state index in [0.29, 0.717) is 11.1 Å². The number of nitrogens with one attached hydrogen (secondary N) is 2. The average molecular weight is 348 g/mol. The molecular weight excluding hydrogens is 330 g/mol. The zero-order chi connectivity index (χ0) is 18.2. The van der Waals surface area contributed by atoms with E-state index in [1.807, 2.05) is 0 Å². The van der Waals surface area contributed by atoms with Crippen molar-refractivity contribution in [3.63, 3.8) is 0 Å². The number of hydrogen-bond donors (Lipinski definition) is 3. The van der Waals surface area contributed by atoms with Gasteiger partial charge in [-0.25, -0.2) is 8.78 Å². The molecule has 2 amide bonds. The third-order valence-electron chi connectivity index (χ3n) is 3.45. The van der Waals surface area contributed by atoms with Gasteiger partial charge >= 0.3 is 0 Å². The third-order valence-corrected chi connectivity index (χ3v) is 3.45. The average Bonchev–Trinajstić information content (AvgIpc) is 2.58. The highest BCUT2D eigenvalue weighted by molar-refractivity contribution is 5.85. The molecule has 0 aliphatic heterocycles. The van der Waals surface area contributed by atoms with Gasteiger partial charge in [-0.3, -0.25) is 9.59 Å². The molecule has 0 radical (unpaired) electrons. The molecule has 5 nitrogen and oxygen atoms in total. The van der Waals surface area contributed by atoms with Gasteiger partial charge in [-0.05, 0) is 35.4 Å². The van der Waals surface area contributed by atoms with Crippen molar-refractivity contribution in [2.75, 3.05) is 13.1 Å². The van der Waals surface area contributed by atoms with Crippen molar-refractivity contribution in [3.8, 4) is 0 Å². The van der Waals surface area contributed by atoms with Crippen LogP contribution in [-0.4, -0.2) is 30.0 Å². The van der Waals surface area contributed by atoms with E-state index >= 15 is 0 Å². The van der Waals surface area contributed by atoms with Gasteiger partial charge in [-0.15, -0.1) is 0 Å². The van der Waals surface area contributed by atoms with E-state index in [4.69, 9.17) is 0 Å². The van der Waals surface area contributed by atoms with Gasteiger partial charge in [0.05, 0.1) is 19.1 Å². The summed E-state index contributed by atoms with van der Waals surface area (Å²) in [4.78, 5) is 23.4. The number of aliphatic hydroxyl groups is 1. The topological polar surface area (TPSA) is 78.4 Å². The fraction of sp³-hybridized carbons (Fsp3) is 0.222. The van der Waals surface area contributed by atoms with Gasteiger partial charge < -0.3 is 15.7 Å². The molecule has 0 saturated heterocycles. The Bertz CT molecular complexity index is 735. The first kappa shape index (κ1) is 18.5. The minimum atomic E-state index is -0.979. The lowest BCUT2D eigenvalue weighted by Gasteiger charge is -2.12. The molecule has 1 unspecified atom stereocenters. The lowest BCUT2D eigenvalue weighted by molar-refractivity contribution is -0.126. The van der Waals surface area contributed by atoms with Crippen LogP contribution >= 0.6 is 0 Å². The number of hydrogen-bond acceptors (Lipinski definition) is 3. The van der Waals surface area contributed by atoms with Crippen LogP contribution in [0.25, 0.3) is 0 Å². The molecule has 0 aliphatic carbocycles. The zero-order valence-electron chi connectivity index (χ0n) is 13.3. The Labute approximate surface area is 143 Å². The van der Waals surface area contributed by atoms with Gasteiger partial charge in [0, 0.05) is 6.54 Å². The fourth-order valence-corrected chi connectivity index (χ4v) is 2.15. The van der Waals surface area contributed by atoms with Crippen LogP contribution in [0.2, 0.25) is 0 Å². The second kappa shape index (κ2) is 8.89.